The van der Waals surface area contributed by atoms with Crippen molar-refractivity contribution in [1.82, 2.24) is 14.1 Å². The maximum atomic E-state index is 6.80. The molecule has 0 radical (unpaired) electrons. The Bertz CT molecular complexity index is 3230. The number of pyridine rings is 1. The predicted octanol–water partition coefficient (Wildman–Crippen LogP) is 15.7. The molecule has 5 heteroatoms. The van der Waals surface area contributed by atoms with Crippen molar-refractivity contribution in [2.45, 2.75) is 124 Å². The molecule has 0 unspecified atom stereocenters. The van der Waals surface area contributed by atoms with E-state index >= 15 is 0 Å². The number of para-hydroxylation sites is 3. The van der Waals surface area contributed by atoms with Crippen LogP contribution >= 0.6 is 0 Å². The first-order valence-corrected chi connectivity index (χ1v) is 23.6. The van der Waals surface area contributed by atoms with Crippen LogP contribution in [0.3, 0.4) is 0 Å². The minimum Gasteiger partial charge on any atom is -0.457 e. The number of rotatable bonds is 7. The Morgan fingerprint density at radius 2 is 0.985 bits per heavy atom. The zero-order chi connectivity index (χ0) is 47.1. The van der Waals surface area contributed by atoms with E-state index in [0.29, 0.717) is 0 Å². The third kappa shape index (κ3) is 8.34. The Morgan fingerprint density at radius 1 is 0.439 bits per heavy atom. The highest BCUT2D eigenvalue weighted by Crippen LogP contribution is 2.40. The summed E-state index contributed by atoms with van der Waals surface area (Å²) in [7, 11) is 0. The predicted molar refractivity (Wildman–Crippen MR) is 277 cm³/mol. The van der Waals surface area contributed by atoms with Crippen molar-refractivity contribution in [1.29, 1.82) is 0 Å². The lowest BCUT2D eigenvalue weighted by molar-refractivity contribution is -0.567. The Labute approximate surface area is 392 Å². The van der Waals surface area contributed by atoms with E-state index in [-0.39, 0.29) is 27.1 Å². The number of hydrogen-bond donors (Lipinski definition) is 0. The molecule has 66 heavy (non-hydrogen) atoms. The van der Waals surface area contributed by atoms with Crippen molar-refractivity contribution in [2.75, 3.05) is 0 Å². The second-order valence-corrected chi connectivity index (χ2v) is 23.1. The molecule has 0 saturated heterocycles. The first kappa shape index (κ1) is 44.7. The van der Waals surface area contributed by atoms with Crippen molar-refractivity contribution >= 4 is 32.8 Å². The molecule has 0 spiro atoms. The van der Waals surface area contributed by atoms with E-state index in [1.54, 1.807) is 0 Å². The van der Waals surface area contributed by atoms with Crippen LogP contribution in [0.4, 0.5) is 0 Å². The SMILES string of the molecule is CC(C)(C)c1cc(-[n+]2cn(-c3cccc(Oc4ccc5c6ccccc6n(-c6cc(C(C)(C)c7cc(C(C)(C)C)cc(C(C)(C)C)c7)ccn6)c5c4)c3)c3ccccc32)cc(C(C)(C)C)c1. The minimum atomic E-state index is -0.285. The van der Waals surface area contributed by atoms with Gasteiger partial charge >= 0.3 is 0 Å². The van der Waals surface area contributed by atoms with E-state index in [1.165, 1.54) is 38.8 Å². The van der Waals surface area contributed by atoms with Crippen molar-refractivity contribution in [3.05, 3.63) is 185 Å². The second-order valence-electron chi connectivity index (χ2n) is 23.1. The van der Waals surface area contributed by atoms with Gasteiger partial charge in [-0.15, -0.1) is 0 Å². The van der Waals surface area contributed by atoms with Crippen LogP contribution in [-0.4, -0.2) is 14.1 Å². The zero-order valence-corrected chi connectivity index (χ0v) is 41.6. The summed E-state index contributed by atoms with van der Waals surface area (Å²) in [6.45, 7) is 32.3. The molecule has 0 amide bonds. The molecule has 0 aliphatic heterocycles. The minimum absolute atomic E-state index is 0.00529. The summed E-state index contributed by atoms with van der Waals surface area (Å²) in [5, 5.41) is 2.33. The maximum Gasteiger partial charge on any atom is 0.255 e. The number of nitrogens with zero attached hydrogens (tertiary/aromatic N) is 4. The molecular weight excluding hydrogens is 805 g/mol. The normalized spacial score (nSPS) is 13.0. The number of imidazole rings is 1. The summed E-state index contributed by atoms with van der Waals surface area (Å²) in [6.07, 6.45) is 4.19. The highest BCUT2D eigenvalue weighted by atomic mass is 16.5. The summed E-state index contributed by atoms with van der Waals surface area (Å²) in [6, 6.07) is 50.9. The monoisotopic (exact) mass is 872 g/mol. The fourth-order valence-corrected chi connectivity index (χ4v) is 9.18. The summed E-state index contributed by atoms with van der Waals surface area (Å²) in [4.78, 5) is 5.06. The smallest absolute Gasteiger partial charge is 0.255 e. The molecule has 0 N–H and O–H groups in total. The number of ether oxygens (including phenoxy) is 1. The van der Waals surface area contributed by atoms with Crippen LogP contribution in [-0.2, 0) is 27.1 Å². The number of aromatic nitrogens is 4. The van der Waals surface area contributed by atoms with Gasteiger partial charge in [0.15, 0.2) is 11.0 Å². The molecule has 0 saturated carbocycles. The third-order valence-electron chi connectivity index (χ3n) is 13.6. The van der Waals surface area contributed by atoms with Gasteiger partial charge in [-0.2, -0.15) is 9.13 Å². The third-order valence-corrected chi connectivity index (χ3v) is 13.6. The van der Waals surface area contributed by atoms with Crippen LogP contribution in [0.5, 0.6) is 11.5 Å². The molecule has 0 aliphatic carbocycles. The van der Waals surface area contributed by atoms with E-state index < -0.39 is 0 Å². The Kier molecular flexibility index (Phi) is 10.7. The molecular formula is C61H67N4O+. The van der Waals surface area contributed by atoms with Crippen LogP contribution < -0.4 is 9.30 Å². The van der Waals surface area contributed by atoms with Gasteiger partial charge < -0.3 is 4.74 Å². The maximum absolute atomic E-state index is 6.80. The largest absolute Gasteiger partial charge is 0.457 e. The van der Waals surface area contributed by atoms with E-state index in [2.05, 4.69) is 250 Å². The molecule has 0 fully saturated rings. The topological polar surface area (TPSA) is 35.9 Å². The first-order chi connectivity index (χ1) is 31.0. The van der Waals surface area contributed by atoms with Gasteiger partial charge in [-0.1, -0.05) is 158 Å². The molecule has 0 bridgehead atoms. The lowest BCUT2D eigenvalue weighted by atomic mass is 9.72. The molecule has 6 aromatic carbocycles. The van der Waals surface area contributed by atoms with Gasteiger partial charge in [0.05, 0.1) is 11.0 Å². The molecule has 336 valence electrons. The van der Waals surface area contributed by atoms with Crippen LogP contribution in [0.1, 0.15) is 130 Å². The quantitative estimate of drug-likeness (QED) is 0.150. The van der Waals surface area contributed by atoms with Gasteiger partial charge in [-0.25, -0.2) is 4.98 Å². The Hall–Kier alpha value is -6.46. The van der Waals surface area contributed by atoms with Gasteiger partial charge in [0, 0.05) is 34.5 Å². The summed E-state index contributed by atoms with van der Waals surface area (Å²) in [5.41, 5.74) is 14.2. The van der Waals surface area contributed by atoms with Crippen LogP contribution in [0.2, 0.25) is 0 Å². The highest BCUT2D eigenvalue weighted by Gasteiger charge is 2.30. The van der Waals surface area contributed by atoms with Crippen molar-refractivity contribution < 1.29 is 9.30 Å². The van der Waals surface area contributed by atoms with Crippen LogP contribution in [0, 0.1) is 0 Å². The highest BCUT2D eigenvalue weighted by molar-refractivity contribution is 6.09. The lowest BCUT2D eigenvalue weighted by Crippen LogP contribution is -2.31. The average molecular weight is 872 g/mol. The van der Waals surface area contributed by atoms with Gasteiger partial charge in [-0.05, 0) is 122 Å². The second kappa shape index (κ2) is 15.9. The zero-order valence-electron chi connectivity index (χ0n) is 41.6. The van der Waals surface area contributed by atoms with E-state index in [4.69, 9.17) is 9.72 Å². The Balaban J connectivity index is 1.11. The van der Waals surface area contributed by atoms with E-state index in [0.717, 1.165) is 56.1 Å². The van der Waals surface area contributed by atoms with Crippen molar-refractivity contribution in [3.63, 3.8) is 0 Å². The van der Waals surface area contributed by atoms with Gasteiger partial charge in [0.2, 0.25) is 0 Å². The summed E-state index contributed by atoms with van der Waals surface area (Å²) < 4.78 is 13.7. The molecule has 0 atom stereocenters. The fourth-order valence-electron chi connectivity index (χ4n) is 9.18. The summed E-state index contributed by atoms with van der Waals surface area (Å²) >= 11 is 0. The number of hydrogen-bond acceptors (Lipinski definition) is 2. The standard InChI is InChI=1S/C61H67N4O/c1-57(2,3)41-30-42(58(4,5)6)33-45(32-41)61(13,14)40-28-29-62-56(36-40)65-52-23-16-15-22-50(52)51-27-26-49(38-55(51)65)66-48-21-19-20-46(37-48)63-39-64(54-25-18-17-24-53(54)63)47-34-43(59(7,8)9)31-44(35-47)60(10,11)12/h15-39H,1-14H3/q+1. The summed E-state index contributed by atoms with van der Waals surface area (Å²) in [5.74, 6) is 2.40. The molecule has 3 heterocycles. The van der Waals surface area contributed by atoms with E-state index in [9.17, 15) is 0 Å². The van der Waals surface area contributed by atoms with Crippen LogP contribution in [0.15, 0.2) is 152 Å². The average Bonchev–Trinajstić information content (AvgIpc) is 3.81. The molecule has 3 aromatic heterocycles. The lowest BCUT2D eigenvalue weighted by Gasteiger charge is -2.32. The van der Waals surface area contributed by atoms with Gasteiger partial charge in [0.1, 0.15) is 28.7 Å². The van der Waals surface area contributed by atoms with Crippen LogP contribution in [0.25, 0.3) is 50.0 Å². The molecule has 5 nitrogen and oxygen atoms in total. The molecule has 0 aliphatic rings. The Morgan fingerprint density at radius 3 is 1.62 bits per heavy atom. The molecule has 9 rings (SSSR count). The number of fused-ring (bicyclic) bond motifs is 4. The van der Waals surface area contributed by atoms with Crippen molar-refractivity contribution in [2.24, 2.45) is 0 Å². The number of benzene rings is 6. The van der Waals surface area contributed by atoms with Gasteiger partial charge in [0.25, 0.3) is 6.33 Å². The van der Waals surface area contributed by atoms with E-state index in [1.807, 2.05) is 12.3 Å². The fraction of sp³-hybridized carbons (Fsp3) is 0.311. The van der Waals surface area contributed by atoms with Crippen molar-refractivity contribution in [3.8, 4) is 28.7 Å². The molecule has 9 aromatic rings. The van der Waals surface area contributed by atoms with Gasteiger partial charge in [-0.3, -0.25) is 4.57 Å². The first-order valence-electron chi connectivity index (χ1n) is 23.6.